The van der Waals surface area contributed by atoms with Crippen molar-refractivity contribution in [3.63, 3.8) is 0 Å². The van der Waals surface area contributed by atoms with Crippen LogP contribution in [0.3, 0.4) is 0 Å². The minimum atomic E-state index is 0.134. The van der Waals surface area contributed by atoms with Crippen molar-refractivity contribution in [2.75, 3.05) is 0 Å². The molecule has 13 heavy (non-hydrogen) atoms. The summed E-state index contributed by atoms with van der Waals surface area (Å²) in [5, 5.41) is 9.14. The molecule has 0 amide bonds. The molecule has 70 valence electrons. The second-order valence-corrected chi connectivity index (χ2v) is 3.74. The topological polar surface area (TPSA) is 46.2 Å². The van der Waals surface area contributed by atoms with E-state index in [-0.39, 0.29) is 12.6 Å². The highest BCUT2D eigenvalue weighted by molar-refractivity contribution is 5.45. The van der Waals surface area contributed by atoms with Crippen LogP contribution in [-0.4, -0.2) is 5.11 Å². The molecule has 0 saturated heterocycles. The second kappa shape index (κ2) is 3.13. The summed E-state index contributed by atoms with van der Waals surface area (Å²) in [7, 11) is 0. The third kappa shape index (κ3) is 1.26. The van der Waals surface area contributed by atoms with Crippen molar-refractivity contribution >= 4 is 0 Å². The Balaban J connectivity index is 2.59. The van der Waals surface area contributed by atoms with Gasteiger partial charge in [0.2, 0.25) is 0 Å². The van der Waals surface area contributed by atoms with Crippen molar-refractivity contribution < 1.29 is 5.11 Å². The molecule has 0 heterocycles. The van der Waals surface area contributed by atoms with Gasteiger partial charge in [0.05, 0.1) is 6.61 Å². The fraction of sp³-hybridized carbons (Fsp3) is 0.455. The van der Waals surface area contributed by atoms with E-state index in [1.807, 2.05) is 6.07 Å². The highest BCUT2D eigenvalue weighted by Gasteiger charge is 2.22. The van der Waals surface area contributed by atoms with Crippen LogP contribution < -0.4 is 5.73 Å². The Morgan fingerprint density at radius 1 is 1.54 bits per heavy atom. The van der Waals surface area contributed by atoms with Gasteiger partial charge in [-0.2, -0.15) is 0 Å². The van der Waals surface area contributed by atoms with E-state index in [4.69, 9.17) is 10.8 Å². The van der Waals surface area contributed by atoms with Crippen LogP contribution in [0, 0.1) is 6.92 Å². The first-order chi connectivity index (χ1) is 6.24. The zero-order valence-corrected chi connectivity index (χ0v) is 7.88. The number of benzene rings is 1. The second-order valence-electron chi connectivity index (χ2n) is 3.74. The maximum Gasteiger partial charge on any atom is 0.0684 e. The zero-order chi connectivity index (χ0) is 9.42. The minimum Gasteiger partial charge on any atom is -0.392 e. The van der Waals surface area contributed by atoms with Crippen molar-refractivity contribution in [2.45, 2.75) is 32.4 Å². The normalized spacial score (nSPS) is 20.4. The first kappa shape index (κ1) is 8.73. The molecule has 0 spiro atoms. The summed E-state index contributed by atoms with van der Waals surface area (Å²) in [5.41, 5.74) is 10.9. The Bertz CT molecular complexity index is 333. The number of hydrogen-bond donors (Lipinski definition) is 2. The van der Waals surface area contributed by atoms with Crippen molar-refractivity contribution in [3.05, 3.63) is 34.4 Å². The molecule has 2 heteroatoms. The lowest BCUT2D eigenvalue weighted by Gasteiger charge is -2.11. The Hall–Kier alpha value is -0.860. The summed E-state index contributed by atoms with van der Waals surface area (Å²) >= 11 is 0. The van der Waals surface area contributed by atoms with Crippen LogP contribution in [0.5, 0.6) is 0 Å². The number of aliphatic hydroxyl groups excluding tert-OH is 1. The first-order valence-electron chi connectivity index (χ1n) is 4.71. The molecule has 1 aliphatic carbocycles. The van der Waals surface area contributed by atoms with Crippen LogP contribution in [0.1, 0.15) is 34.7 Å². The van der Waals surface area contributed by atoms with Gasteiger partial charge in [0.1, 0.15) is 0 Å². The number of aryl methyl sites for hydroxylation is 1. The molecule has 0 fully saturated rings. The maximum atomic E-state index is 9.14. The van der Waals surface area contributed by atoms with Crippen molar-refractivity contribution in [1.82, 2.24) is 0 Å². The molecule has 2 nitrogen and oxygen atoms in total. The molecule has 0 saturated carbocycles. The minimum absolute atomic E-state index is 0.134. The first-order valence-corrected chi connectivity index (χ1v) is 4.71. The smallest absolute Gasteiger partial charge is 0.0684 e. The molecule has 1 aliphatic rings. The van der Waals surface area contributed by atoms with Gasteiger partial charge in [-0.05, 0) is 42.0 Å². The number of fused-ring (bicyclic) bond motifs is 1. The number of hydrogen-bond acceptors (Lipinski definition) is 2. The molecule has 1 unspecified atom stereocenters. The zero-order valence-electron chi connectivity index (χ0n) is 7.88. The van der Waals surface area contributed by atoms with Crippen LogP contribution in [0.25, 0.3) is 0 Å². The number of rotatable bonds is 1. The summed E-state index contributed by atoms with van der Waals surface area (Å²) in [6.45, 7) is 2.22. The van der Waals surface area contributed by atoms with Crippen molar-refractivity contribution in [2.24, 2.45) is 5.73 Å². The summed E-state index contributed by atoms with van der Waals surface area (Å²) in [4.78, 5) is 0. The summed E-state index contributed by atoms with van der Waals surface area (Å²) in [6.07, 6.45) is 2.04. The van der Waals surface area contributed by atoms with E-state index in [1.165, 1.54) is 16.7 Å². The van der Waals surface area contributed by atoms with E-state index in [9.17, 15) is 0 Å². The Morgan fingerprint density at radius 3 is 3.00 bits per heavy atom. The van der Waals surface area contributed by atoms with Crippen molar-refractivity contribution in [1.29, 1.82) is 0 Å². The van der Waals surface area contributed by atoms with Gasteiger partial charge >= 0.3 is 0 Å². The molecule has 0 aromatic heterocycles. The third-order valence-corrected chi connectivity index (χ3v) is 2.92. The molecular formula is C11H15NO. The quantitative estimate of drug-likeness (QED) is 0.681. The molecule has 3 N–H and O–H groups in total. The number of aliphatic hydroxyl groups is 1. The van der Waals surface area contributed by atoms with Gasteiger partial charge in [0.25, 0.3) is 0 Å². The lowest BCUT2D eigenvalue weighted by Crippen LogP contribution is -2.07. The van der Waals surface area contributed by atoms with Crippen LogP contribution in [0.15, 0.2) is 12.1 Å². The summed E-state index contributed by atoms with van der Waals surface area (Å²) in [6, 6.07) is 4.24. The summed E-state index contributed by atoms with van der Waals surface area (Å²) in [5.74, 6) is 0. The maximum absolute atomic E-state index is 9.14. The van der Waals surface area contributed by atoms with Gasteiger partial charge in [-0.3, -0.25) is 0 Å². The third-order valence-electron chi connectivity index (χ3n) is 2.92. The molecule has 0 aliphatic heterocycles. The van der Waals surface area contributed by atoms with Gasteiger partial charge in [-0.25, -0.2) is 0 Å². The molecule has 2 rings (SSSR count). The van der Waals surface area contributed by atoms with Crippen LogP contribution in [0.2, 0.25) is 0 Å². The Morgan fingerprint density at radius 2 is 2.31 bits per heavy atom. The van der Waals surface area contributed by atoms with E-state index in [2.05, 4.69) is 13.0 Å². The van der Waals surface area contributed by atoms with Gasteiger partial charge in [-0.1, -0.05) is 12.1 Å². The van der Waals surface area contributed by atoms with E-state index >= 15 is 0 Å². The van der Waals surface area contributed by atoms with Gasteiger partial charge in [0.15, 0.2) is 0 Å². The lowest BCUT2D eigenvalue weighted by atomic mass is 9.98. The average Bonchev–Trinajstić information content (AvgIpc) is 2.50. The highest BCUT2D eigenvalue weighted by Crippen LogP contribution is 2.34. The van der Waals surface area contributed by atoms with E-state index in [0.717, 1.165) is 18.4 Å². The Kier molecular flexibility index (Phi) is 2.10. The molecule has 1 aromatic carbocycles. The predicted octanol–water partition coefficient (Wildman–Crippen LogP) is 1.43. The number of nitrogens with two attached hydrogens (primary N) is 1. The molecule has 0 bridgehead atoms. The molecule has 0 radical (unpaired) electrons. The van der Waals surface area contributed by atoms with Gasteiger partial charge in [-0.15, -0.1) is 0 Å². The predicted molar refractivity (Wildman–Crippen MR) is 52.4 cm³/mol. The van der Waals surface area contributed by atoms with Gasteiger partial charge in [0, 0.05) is 6.04 Å². The standard InChI is InChI=1S/C11H15NO/c1-7-2-3-8(6-13)9-4-5-10(12)11(7)9/h2-3,10,13H,4-6,12H2,1H3. The lowest BCUT2D eigenvalue weighted by molar-refractivity contribution is 0.280. The van der Waals surface area contributed by atoms with Gasteiger partial charge < -0.3 is 10.8 Å². The monoisotopic (exact) mass is 177 g/mol. The molecule has 1 atom stereocenters. The highest BCUT2D eigenvalue weighted by atomic mass is 16.3. The van der Waals surface area contributed by atoms with Crippen LogP contribution in [0.4, 0.5) is 0 Å². The van der Waals surface area contributed by atoms with Crippen LogP contribution in [-0.2, 0) is 13.0 Å². The van der Waals surface area contributed by atoms with E-state index < -0.39 is 0 Å². The molecule has 1 aromatic rings. The van der Waals surface area contributed by atoms with E-state index in [0.29, 0.717) is 0 Å². The SMILES string of the molecule is Cc1ccc(CO)c2c1C(N)CC2. The van der Waals surface area contributed by atoms with E-state index in [1.54, 1.807) is 0 Å². The fourth-order valence-electron chi connectivity index (χ4n) is 2.23. The molecular weight excluding hydrogens is 162 g/mol. The van der Waals surface area contributed by atoms with Crippen molar-refractivity contribution in [3.8, 4) is 0 Å². The Labute approximate surface area is 78.4 Å². The fourth-order valence-corrected chi connectivity index (χ4v) is 2.23. The average molecular weight is 177 g/mol. The van der Waals surface area contributed by atoms with Crippen LogP contribution >= 0.6 is 0 Å². The largest absolute Gasteiger partial charge is 0.392 e. The summed E-state index contributed by atoms with van der Waals surface area (Å²) < 4.78 is 0.